The number of sulfonamides is 1. The molecule has 7 nitrogen and oxygen atoms in total. The summed E-state index contributed by atoms with van der Waals surface area (Å²) < 4.78 is 25.6. The number of hydrogen-bond donors (Lipinski definition) is 0. The molecule has 0 heterocycles. The first-order chi connectivity index (χ1) is 9.21. The van der Waals surface area contributed by atoms with E-state index in [2.05, 4.69) is 0 Å². The van der Waals surface area contributed by atoms with Crippen molar-refractivity contribution >= 4 is 15.7 Å². The molecule has 1 aromatic carbocycles. The van der Waals surface area contributed by atoms with Gasteiger partial charge in [-0.2, -0.15) is 9.57 Å². The molecule has 1 aromatic rings. The molecule has 108 valence electrons. The summed E-state index contributed by atoms with van der Waals surface area (Å²) in [4.78, 5) is 9.99. The average Bonchev–Trinajstić information content (AvgIpc) is 2.37. The molecule has 0 bridgehead atoms. The minimum Gasteiger partial charge on any atom is -0.258 e. The van der Waals surface area contributed by atoms with Crippen LogP contribution in [0.3, 0.4) is 0 Å². The molecule has 0 amide bonds. The number of nitriles is 1. The Kier molecular flexibility index (Phi) is 4.81. The van der Waals surface area contributed by atoms with Crippen LogP contribution in [0.5, 0.6) is 0 Å². The topological polar surface area (TPSA) is 104 Å². The van der Waals surface area contributed by atoms with E-state index >= 15 is 0 Å². The number of hydrogen-bond acceptors (Lipinski definition) is 5. The van der Waals surface area contributed by atoms with Gasteiger partial charge in [0.1, 0.15) is 0 Å². The van der Waals surface area contributed by atoms with Crippen molar-refractivity contribution < 1.29 is 13.3 Å². The zero-order valence-corrected chi connectivity index (χ0v) is 12.3. The SMILES string of the molecule is Cc1cc([N+](=O)[O-])c(S(=O)(=O)N(C)CCC#N)cc1C. The lowest BCUT2D eigenvalue weighted by molar-refractivity contribution is -0.387. The number of nitro benzene ring substituents is 1. The fourth-order valence-electron chi connectivity index (χ4n) is 1.62. The third-order valence-corrected chi connectivity index (χ3v) is 4.88. The Labute approximate surface area is 117 Å². The molecule has 0 unspecified atom stereocenters. The van der Waals surface area contributed by atoms with Crippen molar-refractivity contribution in [1.29, 1.82) is 5.26 Å². The quantitative estimate of drug-likeness (QED) is 0.608. The van der Waals surface area contributed by atoms with Crippen LogP contribution in [0, 0.1) is 35.3 Å². The van der Waals surface area contributed by atoms with E-state index in [0.29, 0.717) is 11.1 Å². The Hall–Kier alpha value is -1.98. The van der Waals surface area contributed by atoms with Crippen LogP contribution in [-0.4, -0.2) is 31.2 Å². The maximum atomic E-state index is 12.3. The molecule has 0 saturated carbocycles. The number of benzene rings is 1. The Bertz CT molecular complexity index is 677. The van der Waals surface area contributed by atoms with E-state index in [1.54, 1.807) is 13.8 Å². The van der Waals surface area contributed by atoms with Crippen molar-refractivity contribution in [3.8, 4) is 6.07 Å². The van der Waals surface area contributed by atoms with Crippen LogP contribution in [-0.2, 0) is 10.0 Å². The largest absolute Gasteiger partial charge is 0.289 e. The summed E-state index contributed by atoms with van der Waals surface area (Å²) in [5, 5.41) is 19.5. The zero-order chi connectivity index (χ0) is 15.5. The van der Waals surface area contributed by atoms with Gasteiger partial charge in [0.25, 0.3) is 5.69 Å². The fraction of sp³-hybridized carbons (Fsp3) is 0.417. The Balaban J connectivity index is 3.41. The standard InChI is InChI=1S/C12H15N3O4S/c1-9-7-11(15(16)17)12(8-10(9)2)20(18,19)14(3)6-4-5-13/h7-8H,4,6H2,1-3H3. The molecule has 1 rings (SSSR count). The van der Waals surface area contributed by atoms with E-state index in [9.17, 15) is 18.5 Å². The molecule has 0 spiro atoms. The van der Waals surface area contributed by atoms with Crippen molar-refractivity contribution in [2.24, 2.45) is 0 Å². The highest BCUT2D eigenvalue weighted by Crippen LogP contribution is 2.29. The van der Waals surface area contributed by atoms with Crippen LogP contribution < -0.4 is 0 Å². The third-order valence-electron chi connectivity index (χ3n) is 3.00. The van der Waals surface area contributed by atoms with E-state index in [-0.39, 0.29) is 17.9 Å². The lowest BCUT2D eigenvalue weighted by Crippen LogP contribution is -2.28. The van der Waals surface area contributed by atoms with Gasteiger partial charge in [-0.15, -0.1) is 0 Å². The molecule has 0 aliphatic rings. The van der Waals surface area contributed by atoms with E-state index in [0.717, 1.165) is 4.31 Å². The minimum absolute atomic E-state index is 0.0110. The van der Waals surface area contributed by atoms with Crippen molar-refractivity contribution in [2.75, 3.05) is 13.6 Å². The summed E-state index contributed by atoms with van der Waals surface area (Å²) in [7, 11) is -2.69. The first-order valence-electron chi connectivity index (χ1n) is 5.80. The maximum absolute atomic E-state index is 12.3. The summed E-state index contributed by atoms with van der Waals surface area (Å²) in [6.45, 7) is 3.36. The van der Waals surface area contributed by atoms with Crippen LogP contribution in [0.15, 0.2) is 17.0 Å². The number of nitro groups is 1. The normalized spacial score (nSPS) is 11.3. The van der Waals surface area contributed by atoms with Crippen molar-refractivity contribution in [3.05, 3.63) is 33.4 Å². The first kappa shape index (κ1) is 16.1. The number of nitrogens with zero attached hydrogens (tertiary/aromatic N) is 3. The van der Waals surface area contributed by atoms with Crippen LogP contribution in [0.1, 0.15) is 17.5 Å². The second-order valence-electron chi connectivity index (χ2n) is 4.40. The third kappa shape index (κ3) is 3.12. The Morgan fingerprint density at radius 2 is 1.90 bits per heavy atom. The van der Waals surface area contributed by atoms with Gasteiger partial charge in [-0.1, -0.05) is 0 Å². The lowest BCUT2D eigenvalue weighted by atomic mass is 10.1. The van der Waals surface area contributed by atoms with Gasteiger partial charge in [0.2, 0.25) is 10.0 Å². The minimum atomic E-state index is -3.99. The Morgan fingerprint density at radius 3 is 2.40 bits per heavy atom. The zero-order valence-electron chi connectivity index (χ0n) is 11.5. The van der Waals surface area contributed by atoms with Crippen LogP contribution in [0.2, 0.25) is 0 Å². The molecule has 8 heteroatoms. The molecule has 0 N–H and O–H groups in total. The molecule has 0 radical (unpaired) electrons. The molecule has 0 fully saturated rings. The summed E-state index contributed by atoms with van der Waals surface area (Å²) in [5.74, 6) is 0. The fourth-order valence-corrected chi connectivity index (χ4v) is 3.01. The molecule has 0 saturated heterocycles. The molecule has 20 heavy (non-hydrogen) atoms. The van der Waals surface area contributed by atoms with E-state index < -0.39 is 20.6 Å². The highest BCUT2D eigenvalue weighted by atomic mass is 32.2. The van der Waals surface area contributed by atoms with E-state index in [1.165, 1.54) is 19.2 Å². The summed E-state index contributed by atoms with van der Waals surface area (Å²) >= 11 is 0. The average molecular weight is 297 g/mol. The maximum Gasteiger partial charge on any atom is 0.289 e. The monoisotopic (exact) mass is 297 g/mol. The second-order valence-corrected chi connectivity index (χ2v) is 6.41. The Morgan fingerprint density at radius 1 is 1.35 bits per heavy atom. The van der Waals surface area contributed by atoms with Crippen molar-refractivity contribution in [2.45, 2.75) is 25.2 Å². The van der Waals surface area contributed by atoms with E-state index in [1.807, 2.05) is 6.07 Å². The number of rotatable bonds is 5. The second kappa shape index (κ2) is 5.98. The molecule has 0 aliphatic carbocycles. The summed E-state index contributed by atoms with van der Waals surface area (Å²) in [5.41, 5.74) is 0.857. The summed E-state index contributed by atoms with van der Waals surface area (Å²) in [6, 6.07) is 4.39. The van der Waals surface area contributed by atoms with Crippen molar-refractivity contribution in [3.63, 3.8) is 0 Å². The highest BCUT2D eigenvalue weighted by molar-refractivity contribution is 7.89. The molecular formula is C12H15N3O4S. The molecule has 0 aromatic heterocycles. The van der Waals surface area contributed by atoms with Gasteiger partial charge < -0.3 is 0 Å². The van der Waals surface area contributed by atoms with Crippen molar-refractivity contribution in [1.82, 2.24) is 4.31 Å². The predicted octanol–water partition coefficient (Wildman–Crippen LogP) is 1.75. The van der Waals surface area contributed by atoms with Gasteiger partial charge in [-0.05, 0) is 31.0 Å². The van der Waals surface area contributed by atoms with Gasteiger partial charge in [0.15, 0.2) is 4.90 Å². The van der Waals surface area contributed by atoms with Gasteiger partial charge in [0.05, 0.1) is 11.0 Å². The van der Waals surface area contributed by atoms with Gasteiger partial charge >= 0.3 is 0 Å². The highest BCUT2D eigenvalue weighted by Gasteiger charge is 2.30. The molecule has 0 atom stereocenters. The number of aryl methyl sites for hydroxylation is 2. The van der Waals surface area contributed by atoms with Crippen LogP contribution in [0.25, 0.3) is 0 Å². The van der Waals surface area contributed by atoms with Gasteiger partial charge in [0, 0.05) is 26.1 Å². The smallest absolute Gasteiger partial charge is 0.258 e. The first-order valence-corrected chi connectivity index (χ1v) is 7.24. The summed E-state index contributed by atoms with van der Waals surface area (Å²) in [6.07, 6.45) is 0.0222. The predicted molar refractivity (Wildman–Crippen MR) is 72.6 cm³/mol. The lowest BCUT2D eigenvalue weighted by Gasteiger charge is -2.16. The van der Waals surface area contributed by atoms with Crippen LogP contribution >= 0.6 is 0 Å². The van der Waals surface area contributed by atoms with Gasteiger partial charge in [-0.25, -0.2) is 8.42 Å². The van der Waals surface area contributed by atoms with E-state index in [4.69, 9.17) is 5.26 Å². The van der Waals surface area contributed by atoms with Crippen LogP contribution in [0.4, 0.5) is 5.69 Å². The van der Waals surface area contributed by atoms with Gasteiger partial charge in [-0.3, -0.25) is 10.1 Å². The molecular weight excluding hydrogens is 282 g/mol. The molecule has 0 aliphatic heterocycles.